The largest absolute Gasteiger partial charge is 0.407 e. The zero-order chi connectivity index (χ0) is 15.7. The smallest absolute Gasteiger partial charge is 0.298 e. The van der Waals surface area contributed by atoms with E-state index in [1.54, 1.807) is 6.92 Å². The van der Waals surface area contributed by atoms with E-state index in [0.29, 0.717) is 12.1 Å². The van der Waals surface area contributed by atoms with Crippen LogP contribution in [0.15, 0.2) is 6.07 Å². The summed E-state index contributed by atoms with van der Waals surface area (Å²) in [6.07, 6.45) is -11.8. The van der Waals surface area contributed by atoms with Crippen LogP contribution in [0.2, 0.25) is 0 Å². The summed E-state index contributed by atoms with van der Waals surface area (Å²) >= 11 is 0. The molecule has 0 fully saturated rings. The Bertz CT molecular complexity index is 474. The molecule has 0 aliphatic heterocycles. The molecule has 0 N–H and O–H groups in total. The second-order valence-electron chi connectivity index (χ2n) is 4.26. The zero-order valence-electron chi connectivity index (χ0n) is 10.6. The molecule has 0 atom stereocenters. The van der Waals surface area contributed by atoms with Crippen molar-refractivity contribution in [3.05, 3.63) is 17.5 Å². The van der Waals surface area contributed by atoms with Crippen molar-refractivity contribution in [3.63, 3.8) is 0 Å². The molecule has 0 amide bonds. The average molecular weight is 302 g/mol. The van der Waals surface area contributed by atoms with Gasteiger partial charge in [0.2, 0.25) is 5.92 Å². The van der Waals surface area contributed by atoms with E-state index in [4.69, 9.17) is 0 Å². The normalized spacial score (nSPS) is 13.1. The van der Waals surface area contributed by atoms with Crippen molar-refractivity contribution in [1.82, 2.24) is 9.78 Å². The first kappa shape index (κ1) is 16.5. The Morgan fingerprint density at radius 1 is 1.25 bits per heavy atom. The molecular formula is C11H12F6N2O. The lowest BCUT2D eigenvalue weighted by Gasteiger charge is -2.21. The van der Waals surface area contributed by atoms with Gasteiger partial charge in [-0.25, -0.2) is 0 Å². The van der Waals surface area contributed by atoms with Crippen molar-refractivity contribution in [2.45, 2.75) is 32.1 Å². The van der Waals surface area contributed by atoms with Crippen molar-refractivity contribution in [3.8, 4) is 0 Å². The van der Waals surface area contributed by atoms with E-state index >= 15 is 0 Å². The van der Waals surface area contributed by atoms with Crippen LogP contribution in [0.3, 0.4) is 0 Å². The average Bonchev–Trinajstić information content (AvgIpc) is 2.55. The highest BCUT2D eigenvalue weighted by atomic mass is 19.4. The topological polar surface area (TPSA) is 34.9 Å². The maximum Gasteiger partial charge on any atom is 0.407 e. The number of aryl methyl sites for hydroxylation is 2. The van der Waals surface area contributed by atoms with Gasteiger partial charge in [-0.15, -0.1) is 0 Å². The molecule has 0 aliphatic carbocycles. The minimum atomic E-state index is -5.65. The number of carbonyl (C=O) groups is 1. The number of hydrogen-bond acceptors (Lipinski definition) is 2. The standard InChI is InChI=1S/C11H12F6N2O/c1-3-6-4-7(19(2)18-6)5-8(20)9(10(12,13)14)11(15,16)17/h4,9H,3,5H2,1-2H3. The quantitative estimate of drug-likeness (QED) is 0.802. The minimum absolute atomic E-state index is 0.0188. The molecule has 0 spiro atoms. The van der Waals surface area contributed by atoms with Gasteiger partial charge in [-0.2, -0.15) is 31.4 Å². The molecule has 0 aliphatic rings. The van der Waals surface area contributed by atoms with Crippen LogP contribution in [0.1, 0.15) is 18.3 Å². The van der Waals surface area contributed by atoms with Crippen molar-refractivity contribution < 1.29 is 31.1 Å². The summed E-state index contributed by atoms with van der Waals surface area (Å²) in [7, 11) is 1.36. The number of halogens is 6. The fourth-order valence-corrected chi connectivity index (χ4v) is 1.74. The Labute approximate surface area is 110 Å². The van der Waals surface area contributed by atoms with Crippen LogP contribution in [0.5, 0.6) is 0 Å². The molecule has 0 unspecified atom stereocenters. The van der Waals surface area contributed by atoms with E-state index in [1.165, 1.54) is 13.1 Å². The SMILES string of the molecule is CCc1cc(CC(=O)C(C(F)(F)F)C(F)(F)F)n(C)n1. The summed E-state index contributed by atoms with van der Waals surface area (Å²) < 4.78 is 75.4. The summed E-state index contributed by atoms with van der Waals surface area (Å²) in [5.41, 5.74) is 0.510. The zero-order valence-corrected chi connectivity index (χ0v) is 10.6. The highest BCUT2D eigenvalue weighted by Crippen LogP contribution is 2.40. The number of Topliss-reactive ketones (excluding diaryl/α,β-unsaturated/α-hetero) is 1. The fraction of sp³-hybridized carbons (Fsp3) is 0.636. The number of aromatic nitrogens is 2. The molecule has 1 heterocycles. The third-order valence-corrected chi connectivity index (χ3v) is 2.72. The Morgan fingerprint density at radius 3 is 2.10 bits per heavy atom. The second kappa shape index (κ2) is 5.45. The maximum absolute atomic E-state index is 12.4. The molecule has 114 valence electrons. The van der Waals surface area contributed by atoms with Gasteiger partial charge < -0.3 is 0 Å². The maximum atomic E-state index is 12.4. The summed E-state index contributed by atoms with van der Waals surface area (Å²) in [6, 6.07) is 1.32. The fourth-order valence-electron chi connectivity index (χ4n) is 1.74. The molecule has 0 saturated heterocycles. The molecular weight excluding hydrogens is 290 g/mol. The molecule has 0 radical (unpaired) electrons. The van der Waals surface area contributed by atoms with Gasteiger partial charge in [0.15, 0.2) is 5.78 Å². The number of alkyl halides is 6. The van der Waals surface area contributed by atoms with E-state index in [0.717, 1.165) is 4.68 Å². The predicted molar refractivity (Wildman–Crippen MR) is 56.9 cm³/mol. The van der Waals surface area contributed by atoms with Gasteiger partial charge in [0.1, 0.15) is 0 Å². The lowest BCUT2D eigenvalue weighted by molar-refractivity contribution is -0.273. The van der Waals surface area contributed by atoms with Crippen molar-refractivity contribution in [2.24, 2.45) is 13.0 Å². The van der Waals surface area contributed by atoms with Gasteiger partial charge in [0.05, 0.1) is 5.69 Å². The third-order valence-electron chi connectivity index (χ3n) is 2.72. The lowest BCUT2D eigenvalue weighted by atomic mass is 9.99. The molecule has 20 heavy (non-hydrogen) atoms. The van der Waals surface area contributed by atoms with Crippen LogP contribution in [0.4, 0.5) is 26.3 Å². The van der Waals surface area contributed by atoms with E-state index in [9.17, 15) is 31.1 Å². The molecule has 0 saturated carbocycles. The molecule has 3 nitrogen and oxygen atoms in total. The Hall–Kier alpha value is -1.54. The van der Waals surface area contributed by atoms with Crippen LogP contribution in [-0.2, 0) is 24.7 Å². The van der Waals surface area contributed by atoms with Crippen molar-refractivity contribution >= 4 is 5.78 Å². The monoisotopic (exact) mass is 302 g/mol. The number of carbonyl (C=O) groups excluding carboxylic acids is 1. The van der Waals surface area contributed by atoms with Gasteiger partial charge in [0.25, 0.3) is 0 Å². The Morgan fingerprint density at radius 2 is 1.75 bits per heavy atom. The molecule has 1 rings (SSSR count). The number of ketones is 1. The van der Waals surface area contributed by atoms with Gasteiger partial charge in [0, 0.05) is 19.2 Å². The first-order chi connectivity index (χ1) is 8.96. The van der Waals surface area contributed by atoms with E-state index in [1.807, 2.05) is 0 Å². The third kappa shape index (κ3) is 3.73. The Kier molecular flexibility index (Phi) is 4.50. The molecule has 9 heteroatoms. The first-order valence-electron chi connectivity index (χ1n) is 5.64. The molecule has 0 aromatic carbocycles. The van der Waals surface area contributed by atoms with Crippen molar-refractivity contribution in [2.75, 3.05) is 0 Å². The second-order valence-corrected chi connectivity index (χ2v) is 4.26. The van der Waals surface area contributed by atoms with Gasteiger partial charge in [-0.3, -0.25) is 9.48 Å². The van der Waals surface area contributed by atoms with E-state index < -0.39 is 30.5 Å². The van der Waals surface area contributed by atoms with Gasteiger partial charge in [-0.1, -0.05) is 6.92 Å². The first-order valence-corrected chi connectivity index (χ1v) is 5.64. The minimum Gasteiger partial charge on any atom is -0.298 e. The molecule has 1 aromatic rings. The number of rotatable bonds is 4. The lowest BCUT2D eigenvalue weighted by Crippen LogP contribution is -2.43. The van der Waals surface area contributed by atoms with Crippen LogP contribution in [0.25, 0.3) is 0 Å². The highest BCUT2D eigenvalue weighted by molar-refractivity contribution is 5.84. The highest BCUT2D eigenvalue weighted by Gasteiger charge is 2.60. The number of hydrogen-bond donors (Lipinski definition) is 0. The van der Waals surface area contributed by atoms with Crippen LogP contribution >= 0.6 is 0 Å². The summed E-state index contributed by atoms with van der Waals surface area (Å²) in [6.45, 7) is 1.72. The Balaban J connectivity index is 3.00. The molecule has 1 aromatic heterocycles. The summed E-state index contributed by atoms with van der Waals surface area (Å²) in [5, 5.41) is 3.87. The summed E-state index contributed by atoms with van der Waals surface area (Å²) in [5.74, 6) is -5.90. The summed E-state index contributed by atoms with van der Waals surface area (Å²) in [4.78, 5) is 11.4. The predicted octanol–water partition coefficient (Wildman–Crippen LogP) is 2.83. The van der Waals surface area contributed by atoms with E-state index in [-0.39, 0.29) is 5.69 Å². The van der Waals surface area contributed by atoms with Crippen LogP contribution < -0.4 is 0 Å². The van der Waals surface area contributed by atoms with Crippen LogP contribution in [-0.4, -0.2) is 27.9 Å². The van der Waals surface area contributed by atoms with Gasteiger partial charge in [-0.05, 0) is 12.5 Å². The van der Waals surface area contributed by atoms with Gasteiger partial charge >= 0.3 is 12.4 Å². The van der Waals surface area contributed by atoms with E-state index in [2.05, 4.69) is 5.10 Å². The molecule has 0 bridgehead atoms. The van der Waals surface area contributed by atoms with Crippen LogP contribution in [0, 0.1) is 5.92 Å². The number of nitrogens with zero attached hydrogens (tertiary/aromatic N) is 2. The van der Waals surface area contributed by atoms with Crippen molar-refractivity contribution in [1.29, 1.82) is 0 Å².